The Labute approximate surface area is 98.6 Å². The van der Waals surface area contributed by atoms with Gasteiger partial charge in [-0.25, -0.2) is 0 Å². The van der Waals surface area contributed by atoms with Crippen LogP contribution in [0, 0.1) is 11.3 Å². The van der Waals surface area contributed by atoms with Crippen molar-refractivity contribution in [3.63, 3.8) is 0 Å². The Hall–Kier alpha value is -2.48. The normalized spacial score (nSPS) is 10.7. The van der Waals surface area contributed by atoms with Gasteiger partial charge in [-0.15, -0.1) is 0 Å². The van der Waals surface area contributed by atoms with Gasteiger partial charge in [0.15, 0.2) is 11.5 Å². The van der Waals surface area contributed by atoms with Crippen molar-refractivity contribution in [1.82, 2.24) is 5.32 Å². The Balaban J connectivity index is 3.03. The fourth-order valence-corrected chi connectivity index (χ4v) is 1.20. The molecule has 0 bridgehead atoms. The smallest absolute Gasteiger partial charge is 0.261 e. The fourth-order valence-electron chi connectivity index (χ4n) is 1.20. The summed E-state index contributed by atoms with van der Waals surface area (Å²) in [5.41, 5.74) is 0.403. The first-order valence-corrected chi connectivity index (χ1v) is 5.00. The van der Waals surface area contributed by atoms with Crippen LogP contribution in [-0.2, 0) is 4.79 Å². The van der Waals surface area contributed by atoms with E-state index in [1.807, 2.05) is 0 Å². The molecule has 0 aliphatic heterocycles. The standard InChI is InChI=1S/C12H12N2O3/c1-2-14-12(17)9(7-13)5-8-3-4-10(15)11(16)6-8/h3-6,15-16H,2H2,1H3,(H,14,17)/b9-5+. The van der Waals surface area contributed by atoms with Crippen molar-refractivity contribution in [1.29, 1.82) is 5.26 Å². The lowest BCUT2D eigenvalue weighted by Crippen LogP contribution is -2.23. The number of hydrogen-bond acceptors (Lipinski definition) is 4. The molecular weight excluding hydrogens is 220 g/mol. The average molecular weight is 232 g/mol. The molecular formula is C12H12N2O3. The van der Waals surface area contributed by atoms with Gasteiger partial charge in [0.25, 0.3) is 5.91 Å². The first kappa shape index (κ1) is 12.6. The molecule has 0 aromatic heterocycles. The zero-order valence-corrected chi connectivity index (χ0v) is 9.27. The molecule has 0 saturated carbocycles. The Bertz CT molecular complexity index is 501. The lowest BCUT2D eigenvalue weighted by Gasteiger charge is -2.01. The molecule has 0 aliphatic rings. The minimum absolute atomic E-state index is 0.0584. The number of carbonyl (C=O) groups is 1. The monoisotopic (exact) mass is 232 g/mol. The van der Waals surface area contributed by atoms with E-state index in [9.17, 15) is 9.90 Å². The van der Waals surface area contributed by atoms with Crippen LogP contribution in [0.15, 0.2) is 23.8 Å². The number of nitrogens with zero attached hydrogens (tertiary/aromatic N) is 1. The molecule has 5 heteroatoms. The topological polar surface area (TPSA) is 93.4 Å². The Kier molecular flexibility index (Phi) is 4.12. The highest BCUT2D eigenvalue weighted by Crippen LogP contribution is 2.25. The van der Waals surface area contributed by atoms with Crippen molar-refractivity contribution in [2.24, 2.45) is 0 Å². The number of amides is 1. The van der Waals surface area contributed by atoms with E-state index in [4.69, 9.17) is 10.4 Å². The molecule has 5 nitrogen and oxygen atoms in total. The number of nitrogens with one attached hydrogen (secondary N) is 1. The predicted octanol–water partition coefficient (Wildman–Crippen LogP) is 1.14. The van der Waals surface area contributed by atoms with Gasteiger partial charge in [-0.1, -0.05) is 6.07 Å². The van der Waals surface area contributed by atoms with Crippen molar-refractivity contribution in [3.8, 4) is 17.6 Å². The van der Waals surface area contributed by atoms with E-state index in [-0.39, 0.29) is 17.1 Å². The van der Waals surface area contributed by atoms with Crippen LogP contribution in [0.2, 0.25) is 0 Å². The summed E-state index contributed by atoms with van der Waals surface area (Å²) in [7, 11) is 0. The summed E-state index contributed by atoms with van der Waals surface area (Å²) >= 11 is 0. The summed E-state index contributed by atoms with van der Waals surface area (Å²) in [4.78, 5) is 11.4. The second kappa shape index (κ2) is 5.56. The van der Waals surface area contributed by atoms with Crippen molar-refractivity contribution >= 4 is 12.0 Å². The zero-order chi connectivity index (χ0) is 12.8. The van der Waals surface area contributed by atoms with Gasteiger partial charge in [0.2, 0.25) is 0 Å². The largest absolute Gasteiger partial charge is 0.504 e. The van der Waals surface area contributed by atoms with Crippen molar-refractivity contribution in [2.45, 2.75) is 6.92 Å². The summed E-state index contributed by atoms with van der Waals surface area (Å²) in [5, 5.41) is 29.7. The third-order valence-electron chi connectivity index (χ3n) is 2.01. The van der Waals surface area contributed by atoms with Crippen molar-refractivity contribution in [3.05, 3.63) is 29.3 Å². The molecule has 0 unspecified atom stereocenters. The number of hydrogen-bond donors (Lipinski definition) is 3. The van der Waals surface area contributed by atoms with E-state index in [1.54, 1.807) is 13.0 Å². The van der Waals surface area contributed by atoms with Crippen molar-refractivity contribution < 1.29 is 15.0 Å². The first-order chi connectivity index (χ1) is 8.08. The van der Waals surface area contributed by atoms with E-state index in [1.165, 1.54) is 24.3 Å². The lowest BCUT2D eigenvalue weighted by molar-refractivity contribution is -0.116. The number of phenolic OH excluding ortho intramolecular Hbond substituents is 2. The number of aromatic hydroxyl groups is 2. The minimum Gasteiger partial charge on any atom is -0.504 e. The Morgan fingerprint density at radius 3 is 2.71 bits per heavy atom. The molecule has 0 atom stereocenters. The maximum atomic E-state index is 11.4. The van der Waals surface area contributed by atoms with Crippen molar-refractivity contribution in [2.75, 3.05) is 6.54 Å². The van der Waals surface area contributed by atoms with E-state index in [0.717, 1.165) is 0 Å². The molecule has 88 valence electrons. The number of rotatable bonds is 3. The van der Waals surface area contributed by atoms with E-state index >= 15 is 0 Å². The maximum absolute atomic E-state index is 11.4. The van der Waals surface area contributed by atoms with Crippen LogP contribution in [0.1, 0.15) is 12.5 Å². The van der Waals surface area contributed by atoms with Crippen LogP contribution in [0.3, 0.4) is 0 Å². The Morgan fingerprint density at radius 2 is 2.18 bits per heavy atom. The minimum atomic E-state index is -0.470. The summed E-state index contributed by atoms with van der Waals surface area (Å²) in [6, 6.07) is 5.82. The van der Waals surface area contributed by atoms with Gasteiger partial charge in [-0.3, -0.25) is 4.79 Å². The van der Waals surface area contributed by atoms with Crippen LogP contribution >= 0.6 is 0 Å². The maximum Gasteiger partial charge on any atom is 0.261 e. The molecule has 3 N–H and O–H groups in total. The lowest BCUT2D eigenvalue weighted by atomic mass is 10.1. The highest BCUT2D eigenvalue weighted by atomic mass is 16.3. The average Bonchev–Trinajstić information content (AvgIpc) is 2.30. The molecule has 1 aromatic rings. The zero-order valence-electron chi connectivity index (χ0n) is 9.27. The summed E-state index contributed by atoms with van der Waals surface area (Å²) in [5.74, 6) is -1.02. The third-order valence-corrected chi connectivity index (χ3v) is 2.01. The fraction of sp³-hybridized carbons (Fsp3) is 0.167. The van der Waals surface area contributed by atoms with E-state index in [2.05, 4.69) is 5.32 Å². The SMILES string of the molecule is CCNC(=O)/C(C#N)=C/c1ccc(O)c(O)c1. The first-order valence-electron chi connectivity index (χ1n) is 5.00. The second-order valence-electron chi connectivity index (χ2n) is 3.28. The van der Waals surface area contributed by atoms with E-state index in [0.29, 0.717) is 12.1 Å². The number of benzene rings is 1. The number of carbonyl (C=O) groups excluding carboxylic acids is 1. The highest BCUT2D eigenvalue weighted by molar-refractivity contribution is 6.01. The molecule has 0 aliphatic carbocycles. The van der Waals surface area contributed by atoms with Gasteiger partial charge in [-0.2, -0.15) is 5.26 Å². The van der Waals surface area contributed by atoms with Gasteiger partial charge < -0.3 is 15.5 Å². The molecule has 0 fully saturated rings. The summed E-state index contributed by atoms with van der Waals surface area (Å²) in [6.45, 7) is 2.18. The number of nitriles is 1. The van der Waals surface area contributed by atoms with Gasteiger partial charge in [-0.05, 0) is 30.7 Å². The van der Waals surface area contributed by atoms with Gasteiger partial charge >= 0.3 is 0 Å². The van der Waals surface area contributed by atoms with Crippen LogP contribution in [0.25, 0.3) is 6.08 Å². The Morgan fingerprint density at radius 1 is 1.47 bits per heavy atom. The van der Waals surface area contributed by atoms with Gasteiger partial charge in [0, 0.05) is 6.54 Å². The molecule has 0 saturated heterocycles. The van der Waals surface area contributed by atoms with Crippen LogP contribution in [0.4, 0.5) is 0 Å². The van der Waals surface area contributed by atoms with E-state index < -0.39 is 5.91 Å². The molecule has 1 amide bonds. The van der Waals surface area contributed by atoms with Crippen LogP contribution < -0.4 is 5.32 Å². The highest BCUT2D eigenvalue weighted by Gasteiger charge is 2.08. The van der Waals surface area contributed by atoms with Gasteiger partial charge in [0.1, 0.15) is 11.6 Å². The van der Waals surface area contributed by atoms with Crippen LogP contribution in [0.5, 0.6) is 11.5 Å². The number of phenols is 2. The molecule has 1 aromatic carbocycles. The van der Waals surface area contributed by atoms with Gasteiger partial charge in [0.05, 0.1) is 0 Å². The second-order valence-corrected chi connectivity index (χ2v) is 3.28. The molecule has 0 heterocycles. The molecule has 0 spiro atoms. The molecule has 17 heavy (non-hydrogen) atoms. The summed E-state index contributed by atoms with van der Waals surface area (Å²) in [6.07, 6.45) is 1.34. The predicted molar refractivity (Wildman–Crippen MR) is 62.0 cm³/mol. The third kappa shape index (κ3) is 3.24. The molecule has 0 radical (unpaired) electrons. The quantitative estimate of drug-likeness (QED) is 0.414. The summed E-state index contributed by atoms with van der Waals surface area (Å²) < 4.78 is 0. The van der Waals surface area contributed by atoms with Crippen LogP contribution in [-0.4, -0.2) is 22.7 Å². The molecule has 1 rings (SSSR count). The number of likely N-dealkylation sites (N-methyl/N-ethyl adjacent to an activating group) is 1.